The summed E-state index contributed by atoms with van der Waals surface area (Å²) in [4.78, 5) is 2.41. The van der Waals surface area contributed by atoms with Crippen molar-refractivity contribution in [2.75, 3.05) is 13.1 Å². The number of benzene rings is 1. The lowest BCUT2D eigenvalue weighted by molar-refractivity contribution is -0.0277. The molecule has 0 atom stereocenters. The number of nitrogens with zero attached hydrogens (tertiary/aromatic N) is 3. The molecule has 22 heavy (non-hydrogen) atoms. The number of aromatic nitrogens is 2. The Labute approximate surface area is 132 Å². The second-order valence-corrected chi connectivity index (χ2v) is 6.55. The highest BCUT2D eigenvalue weighted by atomic mass is 16.3. The molecule has 4 nitrogen and oxygen atoms in total. The van der Waals surface area contributed by atoms with Crippen LogP contribution in [0.3, 0.4) is 0 Å². The van der Waals surface area contributed by atoms with Gasteiger partial charge in [-0.2, -0.15) is 5.10 Å². The maximum Gasteiger partial charge on any atom is 0.0920 e. The van der Waals surface area contributed by atoms with Gasteiger partial charge in [-0.15, -0.1) is 0 Å². The van der Waals surface area contributed by atoms with Crippen LogP contribution in [0.1, 0.15) is 35.2 Å². The molecule has 0 aliphatic carbocycles. The van der Waals surface area contributed by atoms with Crippen molar-refractivity contribution >= 4 is 0 Å². The molecular formula is C18H25N3O. The molecule has 1 aromatic heterocycles. The van der Waals surface area contributed by atoms with Gasteiger partial charge in [-0.25, -0.2) is 0 Å². The van der Waals surface area contributed by atoms with E-state index in [9.17, 15) is 5.11 Å². The first-order chi connectivity index (χ1) is 10.5. The summed E-state index contributed by atoms with van der Waals surface area (Å²) >= 11 is 0. The van der Waals surface area contributed by atoms with E-state index in [4.69, 9.17) is 0 Å². The summed E-state index contributed by atoms with van der Waals surface area (Å²) in [7, 11) is 1.98. The summed E-state index contributed by atoms with van der Waals surface area (Å²) in [5, 5.41) is 15.2. The molecule has 1 fully saturated rings. The summed E-state index contributed by atoms with van der Waals surface area (Å²) in [6.45, 7) is 6.93. The van der Waals surface area contributed by atoms with E-state index in [1.54, 1.807) is 0 Å². The highest BCUT2D eigenvalue weighted by Gasteiger charge is 2.33. The molecule has 0 saturated carbocycles. The smallest absolute Gasteiger partial charge is 0.0920 e. The SMILES string of the molecule is Cc1ccc(C2(O)CCN(Cc3cnn(C)c3C)CC2)cc1. The highest BCUT2D eigenvalue weighted by molar-refractivity contribution is 5.27. The summed E-state index contributed by atoms with van der Waals surface area (Å²) in [5.74, 6) is 0. The monoisotopic (exact) mass is 299 g/mol. The predicted molar refractivity (Wildman–Crippen MR) is 87.5 cm³/mol. The van der Waals surface area contributed by atoms with Crippen molar-refractivity contribution in [2.45, 2.75) is 38.8 Å². The van der Waals surface area contributed by atoms with Crippen LogP contribution < -0.4 is 0 Å². The van der Waals surface area contributed by atoms with Gasteiger partial charge in [0.2, 0.25) is 0 Å². The van der Waals surface area contributed by atoms with Crippen LogP contribution in [-0.4, -0.2) is 32.9 Å². The van der Waals surface area contributed by atoms with Gasteiger partial charge in [0.25, 0.3) is 0 Å². The van der Waals surface area contributed by atoms with Crippen LogP contribution in [0, 0.1) is 13.8 Å². The van der Waals surface area contributed by atoms with Gasteiger partial charge in [-0.1, -0.05) is 29.8 Å². The van der Waals surface area contributed by atoms with Gasteiger partial charge in [0, 0.05) is 37.9 Å². The number of piperidine rings is 1. The second-order valence-electron chi connectivity index (χ2n) is 6.55. The van der Waals surface area contributed by atoms with Crippen molar-refractivity contribution in [3.63, 3.8) is 0 Å². The van der Waals surface area contributed by atoms with Crippen molar-refractivity contribution in [3.8, 4) is 0 Å². The zero-order valence-corrected chi connectivity index (χ0v) is 13.7. The average molecular weight is 299 g/mol. The lowest BCUT2D eigenvalue weighted by Gasteiger charge is -2.38. The third-order valence-electron chi connectivity index (χ3n) is 5.00. The summed E-state index contributed by atoms with van der Waals surface area (Å²) in [6, 6.07) is 8.30. The molecule has 118 valence electrons. The van der Waals surface area contributed by atoms with Crippen LogP contribution in [-0.2, 0) is 19.2 Å². The maximum absolute atomic E-state index is 10.9. The Morgan fingerprint density at radius 3 is 2.32 bits per heavy atom. The van der Waals surface area contributed by atoms with E-state index in [1.165, 1.54) is 16.8 Å². The van der Waals surface area contributed by atoms with E-state index in [0.29, 0.717) is 0 Å². The Balaban J connectivity index is 1.64. The molecule has 2 heterocycles. The Hall–Kier alpha value is -1.65. The van der Waals surface area contributed by atoms with Gasteiger partial charge in [0.15, 0.2) is 0 Å². The average Bonchev–Trinajstić information content (AvgIpc) is 2.82. The van der Waals surface area contributed by atoms with Crippen LogP contribution in [0.25, 0.3) is 0 Å². The maximum atomic E-state index is 10.9. The quantitative estimate of drug-likeness (QED) is 0.947. The lowest BCUT2D eigenvalue weighted by Crippen LogP contribution is -2.42. The first-order valence-electron chi connectivity index (χ1n) is 7.97. The molecule has 0 amide bonds. The number of likely N-dealkylation sites (tertiary alicyclic amines) is 1. The van der Waals surface area contributed by atoms with Crippen molar-refractivity contribution in [2.24, 2.45) is 7.05 Å². The molecular weight excluding hydrogens is 274 g/mol. The molecule has 0 spiro atoms. The second kappa shape index (κ2) is 5.86. The van der Waals surface area contributed by atoms with E-state index in [2.05, 4.69) is 48.1 Å². The topological polar surface area (TPSA) is 41.3 Å². The third kappa shape index (κ3) is 2.94. The summed E-state index contributed by atoms with van der Waals surface area (Å²) < 4.78 is 1.92. The molecule has 1 aliphatic rings. The fourth-order valence-electron chi connectivity index (χ4n) is 3.17. The summed E-state index contributed by atoms with van der Waals surface area (Å²) in [5.41, 5.74) is 4.11. The minimum Gasteiger partial charge on any atom is -0.385 e. The summed E-state index contributed by atoms with van der Waals surface area (Å²) in [6.07, 6.45) is 3.53. The first kappa shape index (κ1) is 15.3. The van der Waals surface area contributed by atoms with Crippen LogP contribution in [0.4, 0.5) is 0 Å². The van der Waals surface area contributed by atoms with Crippen LogP contribution in [0.15, 0.2) is 30.5 Å². The number of rotatable bonds is 3. The molecule has 1 N–H and O–H groups in total. The van der Waals surface area contributed by atoms with Gasteiger partial charge < -0.3 is 5.11 Å². The first-order valence-corrected chi connectivity index (χ1v) is 7.97. The zero-order valence-electron chi connectivity index (χ0n) is 13.7. The molecule has 1 aromatic carbocycles. The molecule has 4 heteroatoms. The standard InChI is InChI=1S/C18H25N3O/c1-14-4-6-17(7-5-14)18(22)8-10-21(11-9-18)13-16-12-19-20(3)15(16)2/h4-7,12,22H,8-11,13H2,1-3H3. The molecule has 2 aromatic rings. The van der Waals surface area contributed by atoms with Gasteiger partial charge in [0.1, 0.15) is 0 Å². The van der Waals surface area contributed by atoms with E-state index in [-0.39, 0.29) is 0 Å². The highest BCUT2D eigenvalue weighted by Crippen LogP contribution is 2.33. The Morgan fingerprint density at radius 2 is 1.77 bits per heavy atom. The number of aliphatic hydroxyl groups is 1. The fraction of sp³-hybridized carbons (Fsp3) is 0.500. The number of hydrogen-bond donors (Lipinski definition) is 1. The molecule has 0 unspecified atom stereocenters. The normalized spacial score (nSPS) is 18.5. The minimum atomic E-state index is -0.672. The zero-order chi connectivity index (χ0) is 15.7. The minimum absolute atomic E-state index is 0.672. The number of aryl methyl sites for hydroxylation is 2. The lowest BCUT2D eigenvalue weighted by atomic mass is 9.84. The molecule has 0 radical (unpaired) electrons. The van der Waals surface area contributed by atoms with Gasteiger partial charge in [-0.3, -0.25) is 9.58 Å². The molecule has 1 saturated heterocycles. The molecule has 3 rings (SSSR count). The molecule has 1 aliphatic heterocycles. The third-order valence-corrected chi connectivity index (χ3v) is 5.00. The van der Waals surface area contributed by atoms with Crippen molar-refractivity contribution in [1.29, 1.82) is 0 Å². The van der Waals surface area contributed by atoms with E-state index in [0.717, 1.165) is 38.0 Å². The van der Waals surface area contributed by atoms with E-state index >= 15 is 0 Å². The number of hydrogen-bond acceptors (Lipinski definition) is 3. The Kier molecular flexibility index (Phi) is 4.06. The molecule has 0 bridgehead atoms. The fourth-order valence-corrected chi connectivity index (χ4v) is 3.17. The van der Waals surface area contributed by atoms with Crippen LogP contribution >= 0.6 is 0 Å². The van der Waals surface area contributed by atoms with Gasteiger partial charge >= 0.3 is 0 Å². The predicted octanol–water partition coefficient (Wildman–Crippen LogP) is 2.52. The van der Waals surface area contributed by atoms with Crippen LogP contribution in [0.5, 0.6) is 0 Å². The van der Waals surface area contributed by atoms with Gasteiger partial charge in [0.05, 0.1) is 11.8 Å². The van der Waals surface area contributed by atoms with Gasteiger partial charge in [-0.05, 0) is 32.3 Å². The van der Waals surface area contributed by atoms with E-state index < -0.39 is 5.60 Å². The Morgan fingerprint density at radius 1 is 1.14 bits per heavy atom. The van der Waals surface area contributed by atoms with Crippen molar-refractivity contribution in [1.82, 2.24) is 14.7 Å². The van der Waals surface area contributed by atoms with Crippen LogP contribution in [0.2, 0.25) is 0 Å². The largest absolute Gasteiger partial charge is 0.385 e. The van der Waals surface area contributed by atoms with Crippen molar-refractivity contribution < 1.29 is 5.11 Å². The Bertz CT molecular complexity index is 637. The van der Waals surface area contributed by atoms with E-state index in [1.807, 2.05) is 17.9 Å². The van der Waals surface area contributed by atoms with Crippen molar-refractivity contribution in [3.05, 3.63) is 52.8 Å².